The molecule has 0 aliphatic heterocycles. The largest absolute Gasteiger partial charge is 0.366 e. The van der Waals surface area contributed by atoms with Crippen molar-refractivity contribution in [1.29, 1.82) is 0 Å². The summed E-state index contributed by atoms with van der Waals surface area (Å²) < 4.78 is 0. The summed E-state index contributed by atoms with van der Waals surface area (Å²) in [5.74, 6) is -0.194. The molecule has 1 unspecified atom stereocenters. The molecule has 1 aromatic carbocycles. The molecular weight excluding hydrogens is 298 g/mol. The average molecular weight is 315 g/mol. The first-order chi connectivity index (χ1) is 11.7. The summed E-state index contributed by atoms with van der Waals surface area (Å²) in [4.78, 5) is 20.7. The number of hydrogen-bond acceptors (Lipinski definition) is 3. The lowest BCUT2D eigenvalue weighted by atomic mass is 9.92. The van der Waals surface area contributed by atoms with Gasteiger partial charge in [-0.25, -0.2) is 0 Å². The van der Waals surface area contributed by atoms with E-state index in [1.807, 2.05) is 30.4 Å². The van der Waals surface area contributed by atoms with Gasteiger partial charge in [0.1, 0.15) is 0 Å². The van der Waals surface area contributed by atoms with Crippen LogP contribution in [0, 0.1) is 5.92 Å². The number of carbonyl (C=O) groups is 1. The third-order valence-electron chi connectivity index (χ3n) is 4.39. The molecule has 1 aliphatic carbocycles. The van der Waals surface area contributed by atoms with Crippen LogP contribution in [0.25, 0.3) is 21.8 Å². The maximum absolute atomic E-state index is 11.4. The Balaban J connectivity index is 1.72. The quantitative estimate of drug-likeness (QED) is 0.595. The van der Waals surface area contributed by atoms with E-state index in [1.54, 1.807) is 6.20 Å². The van der Waals surface area contributed by atoms with Crippen molar-refractivity contribution in [3.63, 3.8) is 0 Å². The Kier molecular flexibility index (Phi) is 3.58. The standard InChI is InChI=1S/C20H17N3O/c21-20(24)16-4-1-3-13(11-16)12-17-9-8-15-7-6-14-5-2-10-22-18(14)19(15)23-17/h1-3,5-11,13H,4,12H2,(H2,21,24). The number of amides is 1. The van der Waals surface area contributed by atoms with E-state index in [0.717, 1.165) is 33.9 Å². The fourth-order valence-electron chi connectivity index (χ4n) is 3.18. The van der Waals surface area contributed by atoms with Gasteiger partial charge in [-0.3, -0.25) is 14.8 Å². The highest BCUT2D eigenvalue weighted by Gasteiger charge is 2.14. The lowest BCUT2D eigenvalue weighted by Gasteiger charge is -2.14. The van der Waals surface area contributed by atoms with Crippen LogP contribution in [0.2, 0.25) is 0 Å². The predicted molar refractivity (Wildman–Crippen MR) is 95.3 cm³/mol. The van der Waals surface area contributed by atoms with E-state index >= 15 is 0 Å². The van der Waals surface area contributed by atoms with Crippen LogP contribution >= 0.6 is 0 Å². The number of nitrogens with two attached hydrogens (primary N) is 1. The van der Waals surface area contributed by atoms with Crippen LogP contribution in [0.3, 0.4) is 0 Å². The van der Waals surface area contributed by atoms with Crippen LogP contribution in [-0.4, -0.2) is 15.9 Å². The number of hydrogen-bond donors (Lipinski definition) is 1. The Morgan fingerprint density at radius 3 is 2.75 bits per heavy atom. The molecule has 0 spiro atoms. The van der Waals surface area contributed by atoms with E-state index in [2.05, 4.69) is 29.3 Å². The van der Waals surface area contributed by atoms with Crippen molar-refractivity contribution in [2.75, 3.05) is 0 Å². The molecule has 3 aromatic rings. The lowest BCUT2D eigenvalue weighted by Crippen LogP contribution is -2.17. The van der Waals surface area contributed by atoms with E-state index < -0.39 is 0 Å². The molecule has 118 valence electrons. The highest BCUT2D eigenvalue weighted by atomic mass is 16.1. The van der Waals surface area contributed by atoms with Crippen molar-refractivity contribution in [3.05, 3.63) is 72.1 Å². The average Bonchev–Trinajstić information content (AvgIpc) is 2.62. The molecular formula is C20H17N3O. The number of rotatable bonds is 3. The van der Waals surface area contributed by atoms with Crippen LogP contribution < -0.4 is 5.73 Å². The first kappa shape index (κ1) is 14.6. The lowest BCUT2D eigenvalue weighted by molar-refractivity contribution is -0.114. The molecule has 1 aliphatic rings. The van der Waals surface area contributed by atoms with Crippen molar-refractivity contribution in [2.24, 2.45) is 11.7 Å². The van der Waals surface area contributed by atoms with E-state index in [0.29, 0.717) is 12.0 Å². The summed E-state index contributed by atoms with van der Waals surface area (Å²) in [7, 11) is 0. The van der Waals surface area contributed by atoms with Gasteiger partial charge in [0.15, 0.2) is 0 Å². The molecule has 0 saturated carbocycles. The third-order valence-corrected chi connectivity index (χ3v) is 4.39. The van der Waals surface area contributed by atoms with Gasteiger partial charge in [-0.15, -0.1) is 0 Å². The molecule has 24 heavy (non-hydrogen) atoms. The molecule has 0 saturated heterocycles. The Morgan fingerprint density at radius 2 is 1.92 bits per heavy atom. The minimum absolute atomic E-state index is 0.147. The monoisotopic (exact) mass is 315 g/mol. The smallest absolute Gasteiger partial charge is 0.244 e. The molecule has 0 radical (unpaired) electrons. The predicted octanol–water partition coefficient (Wildman–Crippen LogP) is 3.31. The Labute approximate surface area is 139 Å². The van der Waals surface area contributed by atoms with E-state index in [1.165, 1.54) is 0 Å². The third kappa shape index (κ3) is 2.67. The van der Waals surface area contributed by atoms with Crippen LogP contribution in [0.15, 0.2) is 66.4 Å². The zero-order valence-corrected chi connectivity index (χ0v) is 13.1. The highest BCUT2D eigenvalue weighted by molar-refractivity contribution is 6.02. The van der Waals surface area contributed by atoms with Crippen molar-refractivity contribution in [1.82, 2.24) is 9.97 Å². The number of primary amides is 1. The van der Waals surface area contributed by atoms with Crippen molar-refractivity contribution in [2.45, 2.75) is 12.8 Å². The summed E-state index contributed by atoms with van der Waals surface area (Å²) >= 11 is 0. The van der Waals surface area contributed by atoms with Crippen LogP contribution in [0.4, 0.5) is 0 Å². The number of carbonyl (C=O) groups excluding carboxylic acids is 1. The summed E-state index contributed by atoms with van der Waals surface area (Å²) in [6, 6.07) is 12.2. The zero-order chi connectivity index (χ0) is 16.5. The van der Waals surface area contributed by atoms with Gasteiger partial charge in [-0.2, -0.15) is 0 Å². The minimum atomic E-state index is -0.342. The highest BCUT2D eigenvalue weighted by Crippen LogP contribution is 2.24. The first-order valence-electron chi connectivity index (χ1n) is 8.01. The SMILES string of the molecule is NC(=O)C1=CC(Cc2ccc3ccc4cccnc4c3n2)C=CC1. The molecule has 4 rings (SSSR count). The second kappa shape index (κ2) is 5.89. The maximum atomic E-state index is 11.4. The molecule has 4 heteroatoms. The van der Waals surface area contributed by atoms with Crippen LogP contribution in [-0.2, 0) is 11.2 Å². The van der Waals surface area contributed by atoms with Gasteiger partial charge < -0.3 is 5.73 Å². The fourth-order valence-corrected chi connectivity index (χ4v) is 3.18. The van der Waals surface area contributed by atoms with E-state index in [4.69, 9.17) is 10.7 Å². The van der Waals surface area contributed by atoms with E-state index in [9.17, 15) is 4.79 Å². The van der Waals surface area contributed by atoms with Gasteiger partial charge in [0.2, 0.25) is 5.91 Å². The van der Waals surface area contributed by atoms with E-state index in [-0.39, 0.29) is 11.8 Å². The first-order valence-corrected chi connectivity index (χ1v) is 8.01. The number of aromatic nitrogens is 2. The van der Waals surface area contributed by atoms with Gasteiger partial charge in [-0.05, 0) is 25.0 Å². The zero-order valence-electron chi connectivity index (χ0n) is 13.1. The minimum Gasteiger partial charge on any atom is -0.366 e. The Bertz CT molecular complexity index is 1000. The normalized spacial score (nSPS) is 17.2. The molecule has 2 heterocycles. The Hall–Kier alpha value is -3.01. The number of benzene rings is 1. The molecule has 2 aromatic heterocycles. The topological polar surface area (TPSA) is 68.9 Å². The van der Waals surface area contributed by atoms with Gasteiger partial charge in [0, 0.05) is 34.2 Å². The molecule has 1 amide bonds. The summed E-state index contributed by atoms with van der Waals surface area (Å²) in [6.45, 7) is 0. The van der Waals surface area contributed by atoms with Gasteiger partial charge in [0.05, 0.1) is 11.0 Å². The molecule has 4 nitrogen and oxygen atoms in total. The second-order valence-electron chi connectivity index (χ2n) is 6.07. The number of nitrogens with zero attached hydrogens (tertiary/aromatic N) is 2. The molecule has 1 atom stereocenters. The van der Waals surface area contributed by atoms with Gasteiger partial charge in [0.25, 0.3) is 0 Å². The van der Waals surface area contributed by atoms with Crippen LogP contribution in [0.1, 0.15) is 12.1 Å². The van der Waals surface area contributed by atoms with Crippen LogP contribution in [0.5, 0.6) is 0 Å². The maximum Gasteiger partial charge on any atom is 0.244 e. The number of fused-ring (bicyclic) bond motifs is 3. The number of pyridine rings is 2. The second-order valence-corrected chi connectivity index (χ2v) is 6.07. The Morgan fingerprint density at radius 1 is 1.12 bits per heavy atom. The molecule has 0 bridgehead atoms. The summed E-state index contributed by atoms with van der Waals surface area (Å²) in [5, 5.41) is 2.17. The van der Waals surface area contributed by atoms with Crippen molar-refractivity contribution in [3.8, 4) is 0 Å². The summed E-state index contributed by atoms with van der Waals surface area (Å²) in [5.41, 5.74) is 8.90. The number of allylic oxidation sites excluding steroid dienone is 3. The molecule has 0 fully saturated rings. The van der Waals surface area contributed by atoms with Crippen molar-refractivity contribution < 1.29 is 4.79 Å². The fraction of sp³-hybridized carbons (Fsp3) is 0.150. The van der Waals surface area contributed by atoms with Crippen molar-refractivity contribution >= 4 is 27.7 Å². The molecule has 2 N–H and O–H groups in total. The van der Waals surface area contributed by atoms with Gasteiger partial charge >= 0.3 is 0 Å². The van der Waals surface area contributed by atoms with Gasteiger partial charge in [-0.1, -0.05) is 42.5 Å². The summed E-state index contributed by atoms with van der Waals surface area (Å²) in [6.07, 6.45) is 9.22.